The minimum absolute atomic E-state index is 0.0182. The van der Waals surface area contributed by atoms with Crippen LogP contribution in [-0.4, -0.2) is 12.5 Å². The molecule has 0 saturated heterocycles. The lowest BCUT2D eigenvalue weighted by Gasteiger charge is -2.04. The average molecular weight is 301 g/mol. The molecule has 0 saturated carbocycles. The largest absolute Gasteiger partial charge is 0.350 e. The van der Waals surface area contributed by atoms with Gasteiger partial charge >= 0.3 is 0 Å². The van der Waals surface area contributed by atoms with Gasteiger partial charge in [-0.25, -0.2) is 4.39 Å². The van der Waals surface area contributed by atoms with Gasteiger partial charge in [-0.3, -0.25) is 4.79 Å². The lowest BCUT2D eigenvalue weighted by molar-refractivity contribution is -0.684. The zero-order chi connectivity index (χ0) is 15.8. The van der Waals surface area contributed by atoms with E-state index in [0.29, 0.717) is 19.5 Å². The Morgan fingerprint density at radius 1 is 1.05 bits per heavy atom. The first-order chi connectivity index (χ1) is 10.7. The van der Waals surface area contributed by atoms with Gasteiger partial charge in [0.15, 0.2) is 12.4 Å². The standard InChI is InChI=1S/C18H21FN2O/c1-2-3-15-9-12-21(13-10-15)14-18(22)20-11-8-16-4-6-17(19)7-5-16/h4-7,9-10,12-13H,2-3,8,11,14H2,1H3/p+1. The summed E-state index contributed by atoms with van der Waals surface area (Å²) in [6, 6.07) is 10.5. The first-order valence-corrected chi connectivity index (χ1v) is 7.66. The monoisotopic (exact) mass is 301 g/mol. The second kappa shape index (κ2) is 8.27. The van der Waals surface area contributed by atoms with Gasteiger partial charge in [0.2, 0.25) is 6.54 Å². The normalized spacial score (nSPS) is 10.5. The number of nitrogens with one attached hydrogen (secondary N) is 1. The summed E-state index contributed by atoms with van der Waals surface area (Å²) < 4.78 is 14.7. The highest BCUT2D eigenvalue weighted by Crippen LogP contribution is 2.02. The number of halogens is 1. The van der Waals surface area contributed by atoms with Crippen LogP contribution in [0.3, 0.4) is 0 Å². The predicted octanol–water partition coefficient (Wildman–Crippen LogP) is 2.42. The van der Waals surface area contributed by atoms with E-state index in [4.69, 9.17) is 0 Å². The summed E-state index contributed by atoms with van der Waals surface area (Å²) in [6.07, 6.45) is 6.75. The highest BCUT2D eigenvalue weighted by molar-refractivity contribution is 5.74. The van der Waals surface area contributed by atoms with Crippen LogP contribution in [0.25, 0.3) is 0 Å². The SMILES string of the molecule is CCCc1cc[n+](CC(=O)NCCc2ccc(F)cc2)cc1. The van der Waals surface area contributed by atoms with E-state index in [1.807, 2.05) is 17.0 Å². The van der Waals surface area contributed by atoms with E-state index in [2.05, 4.69) is 24.4 Å². The quantitative estimate of drug-likeness (QED) is 0.783. The molecule has 1 N–H and O–H groups in total. The van der Waals surface area contributed by atoms with Crippen molar-refractivity contribution in [2.75, 3.05) is 6.54 Å². The maximum Gasteiger partial charge on any atom is 0.285 e. The molecule has 22 heavy (non-hydrogen) atoms. The number of carbonyl (C=O) groups excluding carboxylic acids is 1. The summed E-state index contributed by atoms with van der Waals surface area (Å²) in [5.74, 6) is -0.258. The number of benzene rings is 1. The lowest BCUT2D eigenvalue weighted by Crippen LogP contribution is -2.42. The summed E-state index contributed by atoms with van der Waals surface area (Å²) in [7, 11) is 0. The molecule has 116 valence electrons. The molecule has 0 unspecified atom stereocenters. The third kappa shape index (κ3) is 5.28. The van der Waals surface area contributed by atoms with E-state index < -0.39 is 0 Å². The topological polar surface area (TPSA) is 33.0 Å². The van der Waals surface area contributed by atoms with Crippen LogP contribution in [0, 0.1) is 5.82 Å². The van der Waals surface area contributed by atoms with Crippen molar-refractivity contribution in [3.63, 3.8) is 0 Å². The van der Waals surface area contributed by atoms with Crippen molar-refractivity contribution in [3.8, 4) is 0 Å². The van der Waals surface area contributed by atoms with Gasteiger partial charge in [-0.1, -0.05) is 25.5 Å². The Morgan fingerprint density at radius 3 is 2.32 bits per heavy atom. The van der Waals surface area contributed by atoms with E-state index in [0.717, 1.165) is 18.4 Å². The fraction of sp³-hybridized carbons (Fsp3) is 0.333. The highest BCUT2D eigenvalue weighted by atomic mass is 19.1. The van der Waals surface area contributed by atoms with Crippen molar-refractivity contribution in [2.24, 2.45) is 0 Å². The molecule has 1 aromatic heterocycles. The number of hydrogen-bond donors (Lipinski definition) is 1. The second-order valence-corrected chi connectivity index (χ2v) is 5.36. The van der Waals surface area contributed by atoms with Gasteiger partial charge in [-0.05, 0) is 36.1 Å². The van der Waals surface area contributed by atoms with Crippen LogP contribution < -0.4 is 9.88 Å². The van der Waals surface area contributed by atoms with E-state index in [1.54, 1.807) is 12.1 Å². The number of pyridine rings is 1. The Labute approximate surface area is 130 Å². The van der Waals surface area contributed by atoms with Gasteiger partial charge in [0.1, 0.15) is 5.82 Å². The summed E-state index contributed by atoms with van der Waals surface area (Å²) >= 11 is 0. The fourth-order valence-corrected chi connectivity index (χ4v) is 2.27. The summed E-state index contributed by atoms with van der Waals surface area (Å²) in [4.78, 5) is 11.9. The zero-order valence-electron chi connectivity index (χ0n) is 12.9. The van der Waals surface area contributed by atoms with Crippen LogP contribution in [0.4, 0.5) is 4.39 Å². The predicted molar refractivity (Wildman–Crippen MR) is 83.7 cm³/mol. The van der Waals surface area contributed by atoms with Gasteiger partial charge in [0.05, 0.1) is 0 Å². The number of aromatic nitrogens is 1. The Balaban J connectivity index is 1.74. The lowest BCUT2D eigenvalue weighted by atomic mass is 10.1. The molecule has 0 fully saturated rings. The van der Waals surface area contributed by atoms with Gasteiger partial charge in [-0.15, -0.1) is 0 Å². The van der Waals surface area contributed by atoms with Crippen LogP contribution >= 0.6 is 0 Å². The zero-order valence-corrected chi connectivity index (χ0v) is 12.9. The van der Waals surface area contributed by atoms with E-state index >= 15 is 0 Å². The van der Waals surface area contributed by atoms with E-state index in [1.165, 1.54) is 17.7 Å². The van der Waals surface area contributed by atoms with Gasteiger partial charge in [0.25, 0.3) is 5.91 Å². The van der Waals surface area contributed by atoms with Crippen LogP contribution in [0.5, 0.6) is 0 Å². The highest BCUT2D eigenvalue weighted by Gasteiger charge is 2.08. The molecule has 3 nitrogen and oxygen atoms in total. The van der Waals surface area contributed by atoms with Crippen molar-refractivity contribution in [3.05, 3.63) is 65.7 Å². The minimum atomic E-state index is -0.240. The maximum atomic E-state index is 12.8. The van der Waals surface area contributed by atoms with Crippen LogP contribution in [-0.2, 0) is 24.2 Å². The van der Waals surface area contributed by atoms with Crippen molar-refractivity contribution >= 4 is 5.91 Å². The van der Waals surface area contributed by atoms with Crippen molar-refractivity contribution in [2.45, 2.75) is 32.7 Å². The third-order valence-electron chi connectivity index (χ3n) is 3.47. The maximum absolute atomic E-state index is 12.8. The molecular weight excluding hydrogens is 279 g/mol. The summed E-state index contributed by atoms with van der Waals surface area (Å²) in [6.45, 7) is 3.02. The molecule has 2 aromatic rings. The summed E-state index contributed by atoms with van der Waals surface area (Å²) in [5.41, 5.74) is 2.30. The minimum Gasteiger partial charge on any atom is -0.350 e. The number of carbonyl (C=O) groups is 1. The second-order valence-electron chi connectivity index (χ2n) is 5.36. The molecule has 4 heteroatoms. The first-order valence-electron chi connectivity index (χ1n) is 7.66. The van der Waals surface area contributed by atoms with E-state index in [9.17, 15) is 9.18 Å². The number of hydrogen-bond acceptors (Lipinski definition) is 1. The molecule has 0 aliphatic rings. The van der Waals surface area contributed by atoms with Crippen LogP contribution in [0.1, 0.15) is 24.5 Å². The molecule has 0 aliphatic carbocycles. The first kappa shape index (κ1) is 16.1. The molecule has 1 aromatic carbocycles. The average Bonchev–Trinajstić information content (AvgIpc) is 2.51. The summed E-state index contributed by atoms with van der Waals surface area (Å²) in [5, 5.41) is 2.88. The molecule has 1 amide bonds. The van der Waals surface area contributed by atoms with Crippen molar-refractivity contribution < 1.29 is 13.8 Å². The Morgan fingerprint density at radius 2 is 1.68 bits per heavy atom. The molecule has 0 bridgehead atoms. The van der Waals surface area contributed by atoms with Gasteiger partial charge < -0.3 is 5.32 Å². The molecule has 0 aliphatic heterocycles. The molecular formula is C18H22FN2O+. The third-order valence-corrected chi connectivity index (χ3v) is 3.47. The Hall–Kier alpha value is -2.23. The van der Waals surface area contributed by atoms with Gasteiger partial charge in [0, 0.05) is 18.7 Å². The molecule has 0 spiro atoms. The number of nitrogens with zero attached hydrogens (tertiary/aromatic N) is 1. The fourth-order valence-electron chi connectivity index (χ4n) is 2.27. The van der Waals surface area contributed by atoms with Crippen LogP contribution in [0.15, 0.2) is 48.8 Å². The number of amides is 1. The van der Waals surface area contributed by atoms with Crippen LogP contribution in [0.2, 0.25) is 0 Å². The number of rotatable bonds is 7. The molecule has 0 radical (unpaired) electrons. The van der Waals surface area contributed by atoms with Gasteiger partial charge in [-0.2, -0.15) is 4.57 Å². The molecule has 1 heterocycles. The van der Waals surface area contributed by atoms with Crippen molar-refractivity contribution in [1.29, 1.82) is 0 Å². The molecule has 2 rings (SSSR count). The molecule has 0 atom stereocenters. The Kier molecular flexibility index (Phi) is 6.07. The number of aryl methyl sites for hydroxylation is 1. The Bertz CT molecular complexity index is 593. The van der Waals surface area contributed by atoms with E-state index in [-0.39, 0.29) is 11.7 Å². The van der Waals surface area contributed by atoms with Crippen molar-refractivity contribution in [1.82, 2.24) is 5.32 Å². The smallest absolute Gasteiger partial charge is 0.285 e.